The number of hydrogen-bond donors (Lipinski definition) is 2. The maximum absolute atomic E-state index is 12.4. The van der Waals surface area contributed by atoms with Gasteiger partial charge in [0.05, 0.1) is 17.9 Å². The Bertz CT molecular complexity index is 552. The third kappa shape index (κ3) is 3.46. The van der Waals surface area contributed by atoms with E-state index in [-0.39, 0.29) is 11.9 Å². The Morgan fingerprint density at radius 2 is 1.95 bits per heavy atom. The van der Waals surface area contributed by atoms with Crippen LogP contribution in [-0.4, -0.2) is 17.0 Å². The van der Waals surface area contributed by atoms with E-state index in [1.807, 2.05) is 20.8 Å². The molecule has 2 rings (SSSR count). The lowest BCUT2D eigenvalue weighted by atomic mass is 9.94. The molecule has 4 atom stereocenters. The van der Waals surface area contributed by atoms with Crippen LogP contribution in [0.1, 0.15) is 48.0 Å². The van der Waals surface area contributed by atoms with Crippen LogP contribution in [0.25, 0.3) is 0 Å². The van der Waals surface area contributed by atoms with Gasteiger partial charge in [-0.15, -0.1) is 11.3 Å². The lowest BCUT2D eigenvalue weighted by Crippen LogP contribution is -2.36. The van der Waals surface area contributed by atoms with E-state index in [1.165, 1.54) is 9.75 Å². The summed E-state index contributed by atoms with van der Waals surface area (Å²) in [5.74, 6) is -1.63. The van der Waals surface area contributed by atoms with Gasteiger partial charge < -0.3 is 10.4 Å². The second kappa shape index (κ2) is 6.18. The van der Waals surface area contributed by atoms with Crippen molar-refractivity contribution in [3.63, 3.8) is 0 Å². The van der Waals surface area contributed by atoms with Crippen molar-refractivity contribution in [3.05, 3.63) is 21.4 Å². The highest BCUT2D eigenvalue weighted by Crippen LogP contribution is 2.37. The molecule has 0 aromatic carbocycles. The molecule has 1 aliphatic rings. The van der Waals surface area contributed by atoms with Gasteiger partial charge in [-0.1, -0.05) is 6.92 Å². The molecule has 1 amide bonds. The first-order chi connectivity index (χ1) is 9.79. The van der Waals surface area contributed by atoms with E-state index in [9.17, 15) is 14.7 Å². The van der Waals surface area contributed by atoms with E-state index >= 15 is 0 Å². The molecule has 0 radical (unpaired) electrons. The van der Waals surface area contributed by atoms with Gasteiger partial charge in [0.1, 0.15) is 0 Å². The summed E-state index contributed by atoms with van der Waals surface area (Å²) >= 11 is 1.72. The predicted octanol–water partition coefficient (Wildman–Crippen LogP) is 3.29. The number of amides is 1. The lowest BCUT2D eigenvalue weighted by Gasteiger charge is -2.20. The van der Waals surface area contributed by atoms with Crippen molar-refractivity contribution >= 4 is 23.2 Å². The molecule has 0 spiro atoms. The SMILES string of the molecule is Cc1cc(C(C)NC(=O)C2CC(C)CC2C(=O)O)c(C)s1. The standard InChI is InChI=1S/C16H23NO3S/c1-8-5-13(14(6-8)16(19)20)15(18)17-10(3)12-7-9(2)21-11(12)4/h7-8,10,13-14H,5-6H2,1-4H3,(H,17,18)(H,19,20). The number of carbonyl (C=O) groups excluding carboxylic acids is 1. The summed E-state index contributed by atoms with van der Waals surface area (Å²) in [6, 6.07) is 2.02. The van der Waals surface area contributed by atoms with Crippen molar-refractivity contribution in [2.24, 2.45) is 17.8 Å². The van der Waals surface area contributed by atoms with Gasteiger partial charge in [-0.3, -0.25) is 9.59 Å². The summed E-state index contributed by atoms with van der Waals surface area (Å²) < 4.78 is 0. The summed E-state index contributed by atoms with van der Waals surface area (Å²) in [6.07, 6.45) is 1.26. The van der Waals surface area contributed by atoms with Crippen LogP contribution >= 0.6 is 11.3 Å². The number of aryl methyl sites for hydroxylation is 2. The van der Waals surface area contributed by atoms with Gasteiger partial charge in [-0.2, -0.15) is 0 Å². The maximum Gasteiger partial charge on any atom is 0.307 e. The zero-order valence-electron chi connectivity index (χ0n) is 13.0. The molecule has 0 saturated heterocycles. The highest BCUT2D eigenvalue weighted by Gasteiger charge is 2.41. The second-order valence-electron chi connectivity index (χ2n) is 6.23. The van der Waals surface area contributed by atoms with Crippen molar-refractivity contribution in [3.8, 4) is 0 Å². The van der Waals surface area contributed by atoms with E-state index in [4.69, 9.17) is 0 Å². The minimum absolute atomic E-state index is 0.0761. The smallest absolute Gasteiger partial charge is 0.307 e. The number of aliphatic carboxylic acids is 1. The van der Waals surface area contributed by atoms with E-state index in [2.05, 4.69) is 18.3 Å². The molecule has 0 bridgehead atoms. The molecule has 5 heteroatoms. The van der Waals surface area contributed by atoms with Gasteiger partial charge in [-0.05, 0) is 51.2 Å². The van der Waals surface area contributed by atoms with Crippen molar-refractivity contribution in [2.45, 2.75) is 46.6 Å². The molecule has 116 valence electrons. The van der Waals surface area contributed by atoms with Crippen LogP contribution in [0.3, 0.4) is 0 Å². The number of thiophene rings is 1. The summed E-state index contributed by atoms with van der Waals surface area (Å²) in [5, 5.41) is 12.3. The van der Waals surface area contributed by atoms with Crippen LogP contribution in [-0.2, 0) is 9.59 Å². The Balaban J connectivity index is 2.07. The molecule has 4 nitrogen and oxygen atoms in total. The predicted molar refractivity (Wildman–Crippen MR) is 83.4 cm³/mol. The maximum atomic E-state index is 12.4. The summed E-state index contributed by atoms with van der Waals surface area (Å²) in [6.45, 7) is 8.07. The average Bonchev–Trinajstić information content (AvgIpc) is 2.92. The zero-order chi connectivity index (χ0) is 15.7. The fourth-order valence-electron chi connectivity index (χ4n) is 3.33. The molecule has 1 aliphatic carbocycles. The highest BCUT2D eigenvalue weighted by molar-refractivity contribution is 7.12. The quantitative estimate of drug-likeness (QED) is 0.897. The van der Waals surface area contributed by atoms with Crippen molar-refractivity contribution < 1.29 is 14.7 Å². The van der Waals surface area contributed by atoms with Gasteiger partial charge in [0.25, 0.3) is 0 Å². The zero-order valence-corrected chi connectivity index (χ0v) is 13.8. The molecular formula is C16H23NO3S. The second-order valence-corrected chi connectivity index (χ2v) is 7.69. The molecule has 1 heterocycles. The van der Waals surface area contributed by atoms with E-state index < -0.39 is 17.8 Å². The number of rotatable bonds is 4. The van der Waals surface area contributed by atoms with Crippen LogP contribution < -0.4 is 5.32 Å². The monoisotopic (exact) mass is 309 g/mol. The first kappa shape index (κ1) is 16.0. The van der Waals surface area contributed by atoms with Crippen molar-refractivity contribution in [2.75, 3.05) is 0 Å². The number of carbonyl (C=O) groups is 2. The minimum atomic E-state index is -0.852. The number of hydrogen-bond acceptors (Lipinski definition) is 3. The van der Waals surface area contributed by atoms with Crippen molar-refractivity contribution in [1.82, 2.24) is 5.32 Å². The van der Waals surface area contributed by atoms with Crippen LogP contribution in [0.15, 0.2) is 6.07 Å². The fraction of sp³-hybridized carbons (Fsp3) is 0.625. The summed E-state index contributed by atoms with van der Waals surface area (Å²) in [4.78, 5) is 26.2. The van der Waals surface area contributed by atoms with Crippen molar-refractivity contribution in [1.29, 1.82) is 0 Å². The van der Waals surface area contributed by atoms with Crippen LogP contribution in [0.4, 0.5) is 0 Å². The molecule has 1 saturated carbocycles. The number of carboxylic acid groups (broad SMARTS) is 1. The Kier molecular flexibility index (Phi) is 4.71. The third-order valence-electron chi connectivity index (χ3n) is 4.36. The molecule has 21 heavy (non-hydrogen) atoms. The first-order valence-corrected chi connectivity index (χ1v) is 8.21. The molecule has 2 N–H and O–H groups in total. The highest BCUT2D eigenvalue weighted by atomic mass is 32.1. The Morgan fingerprint density at radius 1 is 1.33 bits per heavy atom. The lowest BCUT2D eigenvalue weighted by molar-refractivity contribution is -0.146. The van der Waals surface area contributed by atoms with E-state index in [1.54, 1.807) is 11.3 Å². The van der Waals surface area contributed by atoms with Crippen LogP contribution in [0, 0.1) is 31.6 Å². The molecule has 1 fully saturated rings. The Labute approximate surface area is 129 Å². The largest absolute Gasteiger partial charge is 0.481 e. The number of carboxylic acids is 1. The van der Waals surface area contributed by atoms with E-state index in [0.717, 1.165) is 5.56 Å². The van der Waals surface area contributed by atoms with Crippen LogP contribution in [0.2, 0.25) is 0 Å². The van der Waals surface area contributed by atoms with Crippen LogP contribution in [0.5, 0.6) is 0 Å². The Hall–Kier alpha value is -1.36. The van der Waals surface area contributed by atoms with Gasteiger partial charge in [0.15, 0.2) is 0 Å². The minimum Gasteiger partial charge on any atom is -0.481 e. The van der Waals surface area contributed by atoms with Gasteiger partial charge in [0, 0.05) is 9.75 Å². The average molecular weight is 309 g/mol. The molecule has 4 unspecified atom stereocenters. The molecule has 0 aliphatic heterocycles. The Morgan fingerprint density at radius 3 is 2.48 bits per heavy atom. The molecular weight excluding hydrogens is 286 g/mol. The molecule has 1 aromatic heterocycles. The topological polar surface area (TPSA) is 66.4 Å². The number of nitrogens with one attached hydrogen (secondary N) is 1. The van der Waals surface area contributed by atoms with Gasteiger partial charge in [0.2, 0.25) is 5.91 Å². The summed E-state index contributed by atoms with van der Waals surface area (Å²) in [5.41, 5.74) is 1.13. The first-order valence-electron chi connectivity index (χ1n) is 7.39. The van der Waals surface area contributed by atoms with Gasteiger partial charge in [-0.25, -0.2) is 0 Å². The van der Waals surface area contributed by atoms with E-state index in [0.29, 0.717) is 18.8 Å². The third-order valence-corrected chi connectivity index (χ3v) is 5.34. The fourth-order valence-corrected chi connectivity index (χ4v) is 4.36. The normalized spacial score (nSPS) is 26.6. The summed E-state index contributed by atoms with van der Waals surface area (Å²) in [7, 11) is 0. The molecule has 1 aromatic rings. The van der Waals surface area contributed by atoms with Gasteiger partial charge >= 0.3 is 5.97 Å².